The molecule has 0 radical (unpaired) electrons. The predicted molar refractivity (Wildman–Crippen MR) is 87.4 cm³/mol. The van der Waals surface area contributed by atoms with E-state index < -0.39 is 0 Å². The predicted octanol–water partition coefficient (Wildman–Crippen LogP) is 4.01. The van der Waals surface area contributed by atoms with E-state index in [1.54, 1.807) is 0 Å². The molecule has 3 rings (SSSR count). The molecule has 0 bridgehead atoms. The lowest BCUT2D eigenvalue weighted by Gasteiger charge is -2.19. The Balaban J connectivity index is 1.86. The van der Waals surface area contributed by atoms with Gasteiger partial charge in [0.2, 0.25) is 0 Å². The summed E-state index contributed by atoms with van der Waals surface area (Å²) in [5, 5.41) is 6.84. The molecule has 0 saturated heterocycles. The van der Waals surface area contributed by atoms with E-state index in [9.17, 15) is 0 Å². The number of anilines is 3. The molecule has 2 heterocycles. The highest BCUT2D eigenvalue weighted by atomic mass is 15.0. The van der Waals surface area contributed by atoms with Gasteiger partial charge in [-0.05, 0) is 43.5 Å². The number of fused-ring (bicyclic) bond motifs is 1. The normalized spacial score (nSPS) is 13.7. The van der Waals surface area contributed by atoms with Crippen LogP contribution >= 0.6 is 0 Å². The third-order valence-corrected chi connectivity index (χ3v) is 3.70. The second kappa shape index (κ2) is 5.72. The van der Waals surface area contributed by atoms with Crippen LogP contribution in [0.3, 0.4) is 0 Å². The quantitative estimate of drug-likeness (QED) is 0.893. The van der Waals surface area contributed by atoms with E-state index >= 15 is 0 Å². The van der Waals surface area contributed by atoms with Gasteiger partial charge in [-0.3, -0.25) is 0 Å². The molecule has 4 heteroatoms. The number of aromatic nitrogens is 2. The van der Waals surface area contributed by atoms with Gasteiger partial charge in [-0.1, -0.05) is 13.8 Å². The Hall–Kier alpha value is -2.10. The summed E-state index contributed by atoms with van der Waals surface area (Å²) in [6.45, 7) is 7.31. The Labute approximate surface area is 126 Å². The molecule has 1 aliphatic heterocycles. The molecule has 1 aromatic heterocycles. The average molecular weight is 282 g/mol. The first kappa shape index (κ1) is 13.9. The van der Waals surface area contributed by atoms with E-state index in [2.05, 4.69) is 52.6 Å². The number of nitrogens with one attached hydrogen (secondary N) is 2. The molecule has 1 aromatic carbocycles. The summed E-state index contributed by atoms with van der Waals surface area (Å²) in [6, 6.07) is 8.45. The van der Waals surface area contributed by atoms with Crippen molar-refractivity contribution < 1.29 is 0 Å². The molecule has 21 heavy (non-hydrogen) atoms. The summed E-state index contributed by atoms with van der Waals surface area (Å²) >= 11 is 0. The fourth-order valence-electron chi connectivity index (χ4n) is 2.61. The first-order valence-electron chi connectivity index (χ1n) is 7.61. The number of hydrogen-bond donors (Lipinski definition) is 2. The summed E-state index contributed by atoms with van der Waals surface area (Å²) in [5.41, 5.74) is 4.72. The van der Waals surface area contributed by atoms with Gasteiger partial charge in [-0.25, -0.2) is 9.97 Å². The zero-order valence-electron chi connectivity index (χ0n) is 12.9. The minimum absolute atomic E-state index is 0.332. The maximum Gasteiger partial charge on any atom is 0.134 e. The molecular formula is C17H22N4. The minimum Gasteiger partial charge on any atom is -0.385 e. The van der Waals surface area contributed by atoms with Gasteiger partial charge in [0, 0.05) is 35.6 Å². The van der Waals surface area contributed by atoms with E-state index in [0.717, 1.165) is 36.0 Å². The van der Waals surface area contributed by atoms with Gasteiger partial charge >= 0.3 is 0 Å². The molecule has 0 unspecified atom stereocenters. The summed E-state index contributed by atoms with van der Waals surface area (Å²) in [5.74, 6) is 2.09. The van der Waals surface area contributed by atoms with Crippen molar-refractivity contribution in [2.24, 2.45) is 0 Å². The zero-order valence-corrected chi connectivity index (χ0v) is 12.9. The molecule has 0 aliphatic carbocycles. The van der Waals surface area contributed by atoms with Crippen molar-refractivity contribution in [3.8, 4) is 0 Å². The van der Waals surface area contributed by atoms with Crippen LogP contribution in [0.25, 0.3) is 0 Å². The first-order valence-corrected chi connectivity index (χ1v) is 7.61. The summed E-state index contributed by atoms with van der Waals surface area (Å²) < 4.78 is 0. The molecule has 4 nitrogen and oxygen atoms in total. The van der Waals surface area contributed by atoms with Crippen molar-refractivity contribution in [2.75, 3.05) is 17.2 Å². The van der Waals surface area contributed by atoms with Crippen LogP contribution in [0, 0.1) is 6.92 Å². The molecular weight excluding hydrogens is 260 g/mol. The van der Waals surface area contributed by atoms with E-state index in [1.165, 1.54) is 17.7 Å². The topological polar surface area (TPSA) is 49.8 Å². The first-order chi connectivity index (χ1) is 10.1. The Morgan fingerprint density at radius 3 is 2.86 bits per heavy atom. The third-order valence-electron chi connectivity index (χ3n) is 3.70. The van der Waals surface area contributed by atoms with Crippen LogP contribution in [-0.4, -0.2) is 16.5 Å². The maximum atomic E-state index is 4.60. The lowest BCUT2D eigenvalue weighted by Crippen LogP contribution is -2.11. The van der Waals surface area contributed by atoms with Crippen molar-refractivity contribution in [2.45, 2.75) is 39.5 Å². The van der Waals surface area contributed by atoms with Crippen molar-refractivity contribution in [1.29, 1.82) is 0 Å². The number of aryl methyl sites for hydroxylation is 2. The molecule has 2 N–H and O–H groups in total. The standard InChI is InChI=1S/C17H22N4/c1-11(2)17-19-12(3)9-16(21-17)20-14-6-7-15-13(10-14)5-4-8-18-15/h6-7,9-11,18H,4-5,8H2,1-3H3,(H,19,20,21). The minimum atomic E-state index is 0.332. The SMILES string of the molecule is Cc1cc(Nc2ccc3c(c2)CCCN3)nc(C(C)C)n1. The van der Waals surface area contributed by atoms with Crippen LogP contribution in [0.15, 0.2) is 24.3 Å². The van der Waals surface area contributed by atoms with Crippen LogP contribution in [0.1, 0.15) is 43.3 Å². The van der Waals surface area contributed by atoms with Crippen LogP contribution in [0.5, 0.6) is 0 Å². The van der Waals surface area contributed by atoms with Crippen LogP contribution in [0.2, 0.25) is 0 Å². The zero-order chi connectivity index (χ0) is 14.8. The molecule has 0 saturated carbocycles. The van der Waals surface area contributed by atoms with E-state index in [0.29, 0.717) is 5.92 Å². The van der Waals surface area contributed by atoms with Crippen LogP contribution in [-0.2, 0) is 6.42 Å². The van der Waals surface area contributed by atoms with Crippen LogP contribution < -0.4 is 10.6 Å². The second-order valence-corrected chi connectivity index (χ2v) is 5.93. The fourth-order valence-corrected chi connectivity index (χ4v) is 2.61. The van der Waals surface area contributed by atoms with Crippen molar-refractivity contribution >= 4 is 17.2 Å². The highest BCUT2D eigenvalue weighted by Crippen LogP contribution is 2.27. The number of hydrogen-bond acceptors (Lipinski definition) is 4. The molecule has 0 atom stereocenters. The molecule has 0 spiro atoms. The molecule has 0 amide bonds. The number of nitrogens with zero attached hydrogens (tertiary/aromatic N) is 2. The summed E-state index contributed by atoms with van der Waals surface area (Å²) in [7, 11) is 0. The van der Waals surface area contributed by atoms with Gasteiger partial charge in [0.05, 0.1) is 0 Å². The van der Waals surface area contributed by atoms with Crippen molar-refractivity contribution in [3.05, 3.63) is 41.3 Å². The highest BCUT2D eigenvalue weighted by Gasteiger charge is 2.10. The van der Waals surface area contributed by atoms with Gasteiger partial charge in [-0.15, -0.1) is 0 Å². The van der Waals surface area contributed by atoms with Gasteiger partial charge < -0.3 is 10.6 Å². The number of benzene rings is 1. The Kier molecular flexibility index (Phi) is 3.78. The maximum absolute atomic E-state index is 4.60. The summed E-state index contributed by atoms with van der Waals surface area (Å²) in [4.78, 5) is 9.09. The van der Waals surface area contributed by atoms with Crippen molar-refractivity contribution in [1.82, 2.24) is 9.97 Å². The second-order valence-electron chi connectivity index (χ2n) is 5.93. The molecule has 1 aliphatic rings. The summed E-state index contributed by atoms with van der Waals surface area (Å²) in [6.07, 6.45) is 2.33. The van der Waals surface area contributed by atoms with Crippen LogP contribution in [0.4, 0.5) is 17.2 Å². The number of rotatable bonds is 3. The molecule has 0 fully saturated rings. The van der Waals surface area contributed by atoms with Gasteiger partial charge in [0.25, 0.3) is 0 Å². The van der Waals surface area contributed by atoms with E-state index in [-0.39, 0.29) is 0 Å². The third kappa shape index (κ3) is 3.15. The highest BCUT2D eigenvalue weighted by molar-refractivity contribution is 5.64. The van der Waals surface area contributed by atoms with Crippen molar-refractivity contribution in [3.63, 3.8) is 0 Å². The fraction of sp³-hybridized carbons (Fsp3) is 0.412. The molecule has 110 valence electrons. The largest absolute Gasteiger partial charge is 0.385 e. The Morgan fingerprint density at radius 1 is 1.19 bits per heavy atom. The average Bonchev–Trinajstić information content (AvgIpc) is 2.46. The monoisotopic (exact) mass is 282 g/mol. The Bertz CT molecular complexity index is 649. The van der Waals surface area contributed by atoms with Gasteiger partial charge in [-0.2, -0.15) is 0 Å². The lowest BCUT2D eigenvalue weighted by molar-refractivity contribution is 0.768. The molecule has 2 aromatic rings. The smallest absolute Gasteiger partial charge is 0.134 e. The van der Waals surface area contributed by atoms with E-state index in [1.807, 2.05) is 13.0 Å². The van der Waals surface area contributed by atoms with Gasteiger partial charge in [0.15, 0.2) is 0 Å². The van der Waals surface area contributed by atoms with Gasteiger partial charge in [0.1, 0.15) is 11.6 Å². The Morgan fingerprint density at radius 2 is 2.05 bits per heavy atom. The van der Waals surface area contributed by atoms with E-state index in [4.69, 9.17) is 0 Å². The lowest BCUT2D eigenvalue weighted by atomic mass is 10.0.